The minimum absolute atomic E-state index is 0.0168. The van der Waals surface area contributed by atoms with E-state index in [4.69, 9.17) is 10.1 Å². The van der Waals surface area contributed by atoms with Gasteiger partial charge in [-0.3, -0.25) is 5.41 Å². The molecule has 1 aliphatic carbocycles. The van der Waals surface area contributed by atoms with Crippen LogP contribution in [0.2, 0.25) is 0 Å². The highest BCUT2D eigenvalue weighted by molar-refractivity contribution is 5.81. The molecule has 5 nitrogen and oxygen atoms in total. The molecule has 1 aromatic carbocycles. The first kappa shape index (κ1) is 19.5. The topological polar surface area (TPSA) is 73.6 Å². The molecule has 1 fully saturated rings. The summed E-state index contributed by atoms with van der Waals surface area (Å²) in [6.07, 6.45) is 2.97. The molecule has 146 valence electrons. The lowest BCUT2D eigenvalue weighted by molar-refractivity contribution is -0.173. The van der Waals surface area contributed by atoms with Crippen molar-refractivity contribution in [1.82, 2.24) is 4.90 Å². The Kier molecular flexibility index (Phi) is 5.60. The first-order valence-electron chi connectivity index (χ1n) is 9.10. The molecule has 0 spiro atoms. The number of halogens is 2. The van der Waals surface area contributed by atoms with Crippen molar-refractivity contribution in [3.8, 4) is 0 Å². The number of ether oxygens (including phenoxy) is 1. The highest BCUT2D eigenvalue weighted by Gasteiger charge is 2.54. The van der Waals surface area contributed by atoms with Gasteiger partial charge in [0.05, 0.1) is 6.34 Å². The fraction of sp³-hybridized carbons (Fsp3) is 0.500. The van der Waals surface area contributed by atoms with Crippen LogP contribution in [-0.4, -0.2) is 47.9 Å². The van der Waals surface area contributed by atoms with Crippen molar-refractivity contribution >= 4 is 12.3 Å². The smallest absolute Gasteiger partial charge is 0.343 e. The van der Waals surface area contributed by atoms with Crippen LogP contribution in [0.25, 0.3) is 0 Å². The maximum absolute atomic E-state index is 13.8. The monoisotopic (exact) mass is 378 g/mol. The molecule has 1 aromatic rings. The molecule has 3 rings (SSSR count). The Morgan fingerprint density at radius 2 is 2.15 bits per heavy atom. The number of alkyl halides is 2. The van der Waals surface area contributed by atoms with Crippen molar-refractivity contribution in [2.45, 2.75) is 37.2 Å². The number of rotatable bonds is 6. The van der Waals surface area contributed by atoms with Gasteiger partial charge < -0.3 is 14.7 Å². The van der Waals surface area contributed by atoms with E-state index in [1.165, 1.54) is 6.34 Å². The van der Waals surface area contributed by atoms with Crippen molar-refractivity contribution in [2.24, 2.45) is 5.92 Å². The molecular formula is C20H24F2N2O3. The second kappa shape index (κ2) is 7.76. The van der Waals surface area contributed by atoms with Crippen molar-refractivity contribution in [3.63, 3.8) is 0 Å². The summed E-state index contributed by atoms with van der Waals surface area (Å²) in [5.74, 6) is -4.65. The number of carbonyl (C=O) groups excluding carboxylic acids is 1. The van der Waals surface area contributed by atoms with Gasteiger partial charge in [-0.15, -0.1) is 0 Å². The van der Waals surface area contributed by atoms with Gasteiger partial charge in [-0.25, -0.2) is 13.6 Å². The highest BCUT2D eigenvalue weighted by Crippen LogP contribution is 2.47. The molecule has 2 aliphatic rings. The van der Waals surface area contributed by atoms with Gasteiger partial charge in [0.2, 0.25) is 5.92 Å². The highest BCUT2D eigenvalue weighted by atomic mass is 19.3. The van der Waals surface area contributed by atoms with Crippen LogP contribution in [0.15, 0.2) is 42.0 Å². The molecule has 7 heteroatoms. The molecule has 2 unspecified atom stereocenters. The fourth-order valence-electron chi connectivity index (χ4n) is 3.76. The largest absolute Gasteiger partial charge is 0.459 e. The van der Waals surface area contributed by atoms with E-state index in [0.717, 1.165) is 5.57 Å². The van der Waals surface area contributed by atoms with Crippen LogP contribution in [0.1, 0.15) is 31.2 Å². The van der Waals surface area contributed by atoms with E-state index in [0.29, 0.717) is 19.5 Å². The van der Waals surface area contributed by atoms with E-state index in [9.17, 15) is 18.7 Å². The third-order valence-corrected chi connectivity index (χ3v) is 5.43. The molecule has 1 heterocycles. The van der Waals surface area contributed by atoms with Crippen molar-refractivity contribution in [1.29, 1.82) is 5.41 Å². The van der Waals surface area contributed by atoms with Crippen LogP contribution >= 0.6 is 0 Å². The third kappa shape index (κ3) is 4.18. The van der Waals surface area contributed by atoms with Crippen molar-refractivity contribution in [3.05, 3.63) is 47.5 Å². The lowest BCUT2D eigenvalue weighted by Gasteiger charge is -2.32. The number of benzene rings is 1. The molecule has 1 aliphatic heterocycles. The number of carbonyl (C=O) groups is 1. The third-order valence-electron chi connectivity index (χ3n) is 5.43. The Balaban J connectivity index is 1.76. The molecule has 2 N–H and O–H groups in total. The predicted molar refractivity (Wildman–Crippen MR) is 96.6 cm³/mol. The zero-order valence-corrected chi connectivity index (χ0v) is 15.0. The van der Waals surface area contributed by atoms with E-state index >= 15 is 0 Å². The summed E-state index contributed by atoms with van der Waals surface area (Å²) in [6, 6.07) is 8.20. The molecule has 27 heavy (non-hydrogen) atoms. The second-order valence-electron chi connectivity index (χ2n) is 7.24. The summed E-state index contributed by atoms with van der Waals surface area (Å²) < 4.78 is 32.9. The van der Waals surface area contributed by atoms with Gasteiger partial charge >= 0.3 is 5.97 Å². The first-order chi connectivity index (χ1) is 12.8. The molecule has 0 aromatic heterocycles. The summed E-state index contributed by atoms with van der Waals surface area (Å²) >= 11 is 0. The van der Waals surface area contributed by atoms with Gasteiger partial charge in [-0.05, 0) is 24.0 Å². The summed E-state index contributed by atoms with van der Waals surface area (Å²) in [5.41, 5.74) is -0.906. The summed E-state index contributed by atoms with van der Waals surface area (Å²) in [5, 5.41) is 18.5. The molecule has 1 saturated carbocycles. The minimum Gasteiger partial charge on any atom is -0.459 e. The molecule has 0 saturated heterocycles. The Labute approximate surface area is 157 Å². The number of nitrogens with one attached hydrogen (secondary N) is 1. The van der Waals surface area contributed by atoms with Gasteiger partial charge in [-0.2, -0.15) is 0 Å². The Morgan fingerprint density at radius 1 is 1.41 bits per heavy atom. The Hall–Kier alpha value is -2.28. The van der Waals surface area contributed by atoms with Crippen LogP contribution in [-0.2, 0) is 15.1 Å². The van der Waals surface area contributed by atoms with E-state index in [-0.39, 0.29) is 25.0 Å². The number of hydrogen-bond acceptors (Lipinski definition) is 4. The molecule has 0 amide bonds. The summed E-state index contributed by atoms with van der Waals surface area (Å²) in [4.78, 5) is 14.6. The van der Waals surface area contributed by atoms with Crippen LogP contribution in [0.4, 0.5) is 8.78 Å². The van der Waals surface area contributed by atoms with Crippen LogP contribution < -0.4 is 0 Å². The second-order valence-corrected chi connectivity index (χ2v) is 7.24. The van der Waals surface area contributed by atoms with Gasteiger partial charge in [0.25, 0.3) is 0 Å². The SMILES string of the molecule is N=CN1CC=C(COC(=O)C(O)(c2ccccc2)C2CCC(F)(F)C2)CC1. The van der Waals surface area contributed by atoms with Gasteiger partial charge in [0.1, 0.15) is 6.61 Å². The molecule has 0 bridgehead atoms. The van der Waals surface area contributed by atoms with E-state index in [1.54, 1.807) is 30.3 Å². The van der Waals surface area contributed by atoms with Crippen molar-refractivity contribution in [2.75, 3.05) is 19.7 Å². The average molecular weight is 378 g/mol. The Bertz CT molecular complexity index is 723. The molecule has 2 atom stereocenters. The van der Waals surface area contributed by atoms with Gasteiger partial charge in [0.15, 0.2) is 5.60 Å². The summed E-state index contributed by atoms with van der Waals surface area (Å²) in [6.45, 7) is 1.24. The lowest BCUT2D eigenvalue weighted by Crippen LogP contribution is -2.44. The lowest BCUT2D eigenvalue weighted by atomic mass is 9.80. The number of nitrogens with zero attached hydrogens (tertiary/aromatic N) is 1. The standard InChI is InChI=1S/C20H24F2N2O3/c21-19(22)9-6-17(12-19)20(26,16-4-2-1-3-5-16)18(25)27-13-15-7-10-24(14-23)11-8-15/h1-5,7,14,17,23,26H,6,8-13H2. The van der Waals surface area contributed by atoms with Crippen LogP contribution in [0.3, 0.4) is 0 Å². The Morgan fingerprint density at radius 3 is 2.70 bits per heavy atom. The quantitative estimate of drug-likeness (QED) is 0.345. The normalized spacial score (nSPS) is 24.0. The van der Waals surface area contributed by atoms with Crippen LogP contribution in [0, 0.1) is 11.3 Å². The average Bonchev–Trinajstić information content (AvgIpc) is 3.06. The number of hydrogen-bond donors (Lipinski definition) is 2. The van der Waals surface area contributed by atoms with Gasteiger partial charge in [-0.1, -0.05) is 36.4 Å². The predicted octanol–water partition coefficient (Wildman–Crippen LogP) is 3.09. The first-order valence-corrected chi connectivity index (χ1v) is 9.10. The number of aliphatic hydroxyl groups is 1. The van der Waals surface area contributed by atoms with E-state index in [1.807, 2.05) is 11.0 Å². The zero-order valence-electron chi connectivity index (χ0n) is 15.0. The zero-order chi connectivity index (χ0) is 19.5. The van der Waals surface area contributed by atoms with Crippen molar-refractivity contribution < 1.29 is 23.4 Å². The minimum atomic E-state index is -2.88. The fourth-order valence-corrected chi connectivity index (χ4v) is 3.76. The summed E-state index contributed by atoms with van der Waals surface area (Å²) in [7, 11) is 0. The molecular weight excluding hydrogens is 354 g/mol. The maximum Gasteiger partial charge on any atom is 0.343 e. The van der Waals surface area contributed by atoms with E-state index < -0.39 is 29.8 Å². The number of esters is 1. The molecule has 0 radical (unpaired) electrons. The van der Waals surface area contributed by atoms with Gasteiger partial charge in [0, 0.05) is 31.8 Å². The maximum atomic E-state index is 13.8. The van der Waals surface area contributed by atoms with E-state index in [2.05, 4.69) is 0 Å². The van der Waals surface area contributed by atoms with Crippen LogP contribution in [0.5, 0.6) is 0 Å².